The number of carboxylic acids is 1. The van der Waals surface area contributed by atoms with Crippen LogP contribution in [0.1, 0.15) is 28.4 Å². The number of pyridine rings is 1. The Morgan fingerprint density at radius 1 is 1.22 bits per heavy atom. The van der Waals surface area contributed by atoms with Crippen molar-refractivity contribution < 1.29 is 19.5 Å². The molecule has 0 radical (unpaired) electrons. The maximum Gasteiger partial charge on any atom is 0.326 e. The summed E-state index contributed by atoms with van der Waals surface area (Å²) in [5.74, 6) is -1.44. The van der Waals surface area contributed by atoms with Crippen LogP contribution in [0.2, 0.25) is 0 Å². The number of hydrogen-bond donors (Lipinski definition) is 1. The third-order valence-corrected chi connectivity index (χ3v) is 5.76. The average Bonchev–Trinajstić information content (AvgIpc) is 2.70. The number of hydrogen-bond acceptors (Lipinski definition) is 5. The molecule has 7 heteroatoms. The van der Waals surface area contributed by atoms with Gasteiger partial charge in [-0.15, -0.1) is 0 Å². The van der Waals surface area contributed by atoms with Gasteiger partial charge in [0.25, 0.3) is 0 Å². The Kier molecular flexibility index (Phi) is 5.91. The number of rotatable bonds is 5. The molecule has 27 heavy (non-hydrogen) atoms. The van der Waals surface area contributed by atoms with Gasteiger partial charge in [0.2, 0.25) is 11.0 Å². The van der Waals surface area contributed by atoms with E-state index in [1.165, 1.54) is 11.1 Å². The average molecular weight is 384 g/mol. The molecule has 0 bridgehead atoms. The first-order valence-electron chi connectivity index (χ1n) is 8.64. The molecule has 3 rings (SSSR count). The molecular formula is C20H20N2O4S. The number of fused-ring (bicyclic) bond motifs is 1. The van der Waals surface area contributed by atoms with Crippen LogP contribution in [0.25, 0.3) is 0 Å². The standard InChI is InChI=1S/C20H20N2O4S/c1-13(12-27-20(26)15-7-4-8-21-10-15)18(23)22-11-16-6-3-2-5-14(16)9-17(22)19(24)25/h2-8,10,13,17H,9,11-12H2,1H3,(H,24,25). The minimum absolute atomic E-state index is 0.151. The lowest BCUT2D eigenvalue weighted by Crippen LogP contribution is -2.50. The minimum atomic E-state index is -1.01. The lowest BCUT2D eigenvalue weighted by molar-refractivity contribution is -0.152. The van der Waals surface area contributed by atoms with Crippen molar-refractivity contribution in [3.63, 3.8) is 0 Å². The van der Waals surface area contributed by atoms with Gasteiger partial charge in [-0.1, -0.05) is 43.0 Å². The van der Waals surface area contributed by atoms with E-state index in [0.717, 1.165) is 22.9 Å². The fraction of sp³-hybridized carbons (Fsp3) is 0.300. The molecule has 1 aliphatic heterocycles. The number of benzene rings is 1. The van der Waals surface area contributed by atoms with Gasteiger partial charge in [0.05, 0.1) is 0 Å². The molecule has 1 aromatic heterocycles. The third-order valence-electron chi connectivity index (χ3n) is 4.60. The van der Waals surface area contributed by atoms with E-state index in [2.05, 4.69) is 4.98 Å². The Morgan fingerprint density at radius 3 is 2.63 bits per heavy atom. The van der Waals surface area contributed by atoms with E-state index in [1.807, 2.05) is 24.3 Å². The summed E-state index contributed by atoms with van der Waals surface area (Å²) < 4.78 is 0. The van der Waals surface area contributed by atoms with E-state index in [9.17, 15) is 19.5 Å². The second-order valence-electron chi connectivity index (χ2n) is 6.53. The van der Waals surface area contributed by atoms with E-state index in [0.29, 0.717) is 12.0 Å². The molecule has 140 valence electrons. The van der Waals surface area contributed by atoms with Gasteiger partial charge in [0.15, 0.2) is 0 Å². The predicted octanol–water partition coefficient (Wildman–Crippen LogP) is 2.63. The second-order valence-corrected chi connectivity index (χ2v) is 7.53. The second kappa shape index (κ2) is 8.35. The van der Waals surface area contributed by atoms with Crippen LogP contribution < -0.4 is 0 Å². The van der Waals surface area contributed by atoms with Gasteiger partial charge in [-0.2, -0.15) is 0 Å². The molecule has 2 atom stereocenters. The van der Waals surface area contributed by atoms with Gasteiger partial charge in [0.1, 0.15) is 6.04 Å². The number of carboxylic acid groups (broad SMARTS) is 1. The van der Waals surface area contributed by atoms with E-state index in [-0.39, 0.29) is 23.3 Å². The first kappa shape index (κ1) is 19.1. The smallest absolute Gasteiger partial charge is 0.326 e. The number of amides is 1. The number of aromatic nitrogens is 1. The Labute approximate surface area is 161 Å². The van der Waals surface area contributed by atoms with Crippen molar-refractivity contribution in [2.75, 3.05) is 5.75 Å². The Bertz CT molecular complexity index is 856. The topological polar surface area (TPSA) is 87.6 Å². The van der Waals surface area contributed by atoms with Crippen LogP contribution in [-0.2, 0) is 22.6 Å². The van der Waals surface area contributed by atoms with E-state index >= 15 is 0 Å². The highest BCUT2D eigenvalue weighted by Gasteiger charge is 2.36. The summed E-state index contributed by atoms with van der Waals surface area (Å²) in [5.41, 5.74) is 2.41. The zero-order chi connectivity index (χ0) is 19.4. The summed E-state index contributed by atoms with van der Waals surface area (Å²) in [4.78, 5) is 42.1. The number of carbonyl (C=O) groups is 3. The highest BCUT2D eigenvalue weighted by molar-refractivity contribution is 8.14. The molecular weight excluding hydrogens is 364 g/mol. The van der Waals surface area contributed by atoms with E-state index < -0.39 is 17.9 Å². The van der Waals surface area contributed by atoms with Crippen LogP contribution in [0.3, 0.4) is 0 Å². The zero-order valence-electron chi connectivity index (χ0n) is 14.9. The van der Waals surface area contributed by atoms with E-state index in [1.54, 1.807) is 25.3 Å². The van der Waals surface area contributed by atoms with Crippen LogP contribution in [0, 0.1) is 5.92 Å². The van der Waals surface area contributed by atoms with Crippen LogP contribution >= 0.6 is 11.8 Å². The SMILES string of the molecule is CC(CSC(=O)c1cccnc1)C(=O)N1Cc2ccccc2CC1C(=O)O. The molecule has 0 saturated carbocycles. The maximum atomic E-state index is 12.9. The molecule has 0 saturated heterocycles. The van der Waals surface area contributed by atoms with Crippen molar-refractivity contribution in [3.05, 3.63) is 65.5 Å². The maximum absolute atomic E-state index is 12.9. The summed E-state index contributed by atoms with van der Waals surface area (Å²) in [6.45, 7) is 2.00. The molecule has 2 unspecified atom stereocenters. The monoisotopic (exact) mass is 384 g/mol. The first-order valence-corrected chi connectivity index (χ1v) is 9.63. The first-order chi connectivity index (χ1) is 13.0. The van der Waals surface area contributed by atoms with Gasteiger partial charge < -0.3 is 10.0 Å². The molecule has 2 heterocycles. The van der Waals surface area contributed by atoms with Gasteiger partial charge in [-0.25, -0.2) is 4.79 Å². The lowest BCUT2D eigenvalue weighted by atomic mass is 9.93. The number of carbonyl (C=O) groups excluding carboxylic acids is 2. The van der Waals surface area contributed by atoms with E-state index in [4.69, 9.17) is 0 Å². The molecule has 1 aliphatic rings. The van der Waals surface area contributed by atoms with Gasteiger partial charge >= 0.3 is 5.97 Å². The summed E-state index contributed by atoms with van der Waals surface area (Å²) >= 11 is 1.05. The molecule has 2 aromatic rings. The largest absolute Gasteiger partial charge is 0.480 e. The van der Waals surface area contributed by atoms with Crippen molar-refractivity contribution in [3.8, 4) is 0 Å². The minimum Gasteiger partial charge on any atom is -0.480 e. The van der Waals surface area contributed by atoms with Gasteiger partial charge in [-0.3, -0.25) is 14.6 Å². The molecule has 0 fully saturated rings. The molecule has 0 aliphatic carbocycles. The molecule has 0 spiro atoms. The summed E-state index contributed by atoms with van der Waals surface area (Å²) in [7, 11) is 0. The van der Waals surface area contributed by atoms with Gasteiger partial charge in [0, 0.05) is 42.6 Å². The normalized spacial score (nSPS) is 17.1. The summed E-state index contributed by atoms with van der Waals surface area (Å²) in [6.07, 6.45) is 3.38. The third kappa shape index (κ3) is 4.36. The quantitative estimate of drug-likeness (QED) is 0.853. The summed E-state index contributed by atoms with van der Waals surface area (Å²) in [6, 6.07) is 10.1. The highest BCUT2D eigenvalue weighted by atomic mass is 32.2. The lowest BCUT2D eigenvalue weighted by Gasteiger charge is -2.36. The summed E-state index contributed by atoms with van der Waals surface area (Å²) in [5, 5.41) is 9.42. The molecule has 6 nitrogen and oxygen atoms in total. The Balaban J connectivity index is 1.68. The van der Waals surface area contributed by atoms with Crippen LogP contribution in [0.5, 0.6) is 0 Å². The Hall–Kier alpha value is -2.67. The molecule has 1 aromatic carbocycles. The van der Waals surface area contributed by atoms with Crippen molar-refractivity contribution >= 4 is 28.8 Å². The highest BCUT2D eigenvalue weighted by Crippen LogP contribution is 2.26. The predicted molar refractivity (Wildman–Crippen MR) is 102 cm³/mol. The fourth-order valence-electron chi connectivity index (χ4n) is 3.10. The number of nitrogens with zero attached hydrogens (tertiary/aromatic N) is 2. The van der Waals surface area contributed by atoms with Crippen molar-refractivity contribution in [1.82, 2.24) is 9.88 Å². The van der Waals surface area contributed by atoms with Gasteiger partial charge in [-0.05, 0) is 23.3 Å². The van der Waals surface area contributed by atoms with Crippen LogP contribution in [0.15, 0.2) is 48.8 Å². The Morgan fingerprint density at radius 2 is 1.96 bits per heavy atom. The van der Waals surface area contributed by atoms with Crippen molar-refractivity contribution in [1.29, 1.82) is 0 Å². The van der Waals surface area contributed by atoms with Crippen molar-refractivity contribution in [2.24, 2.45) is 5.92 Å². The molecule has 1 amide bonds. The van der Waals surface area contributed by atoms with Crippen LogP contribution in [0.4, 0.5) is 0 Å². The fourth-order valence-corrected chi connectivity index (χ4v) is 3.93. The van der Waals surface area contributed by atoms with Crippen molar-refractivity contribution in [2.45, 2.75) is 25.9 Å². The van der Waals surface area contributed by atoms with Crippen LogP contribution in [-0.4, -0.2) is 43.8 Å². The zero-order valence-corrected chi connectivity index (χ0v) is 15.7. The number of thioether (sulfide) groups is 1. The molecule has 1 N–H and O–H groups in total. The number of aliphatic carboxylic acids is 1.